The fourth-order valence-corrected chi connectivity index (χ4v) is 3.76. The highest BCUT2D eigenvalue weighted by Gasteiger charge is 2.48. The zero-order chi connectivity index (χ0) is 18.0. The van der Waals surface area contributed by atoms with Crippen LogP contribution in [-0.2, 0) is 17.8 Å². The van der Waals surface area contributed by atoms with Gasteiger partial charge in [-0.05, 0) is 48.4 Å². The second-order valence-corrected chi connectivity index (χ2v) is 7.54. The van der Waals surface area contributed by atoms with Crippen LogP contribution in [0.5, 0.6) is 5.75 Å². The van der Waals surface area contributed by atoms with E-state index >= 15 is 0 Å². The number of aliphatic hydroxyl groups is 1. The van der Waals surface area contributed by atoms with Crippen molar-refractivity contribution < 1.29 is 14.6 Å². The van der Waals surface area contributed by atoms with Gasteiger partial charge in [0.15, 0.2) is 0 Å². The summed E-state index contributed by atoms with van der Waals surface area (Å²) in [5.74, 6) is 1.26. The monoisotopic (exact) mass is 351 g/mol. The fraction of sp³-hybridized carbons (Fsp3) is 0.409. The van der Waals surface area contributed by atoms with Crippen LogP contribution in [0.2, 0.25) is 0 Å². The average Bonchev–Trinajstić information content (AvgIpc) is 3.44. The van der Waals surface area contributed by atoms with E-state index in [9.17, 15) is 9.90 Å². The number of benzene rings is 2. The van der Waals surface area contributed by atoms with E-state index < -0.39 is 5.60 Å². The molecule has 4 nitrogen and oxygen atoms in total. The van der Waals surface area contributed by atoms with Crippen LogP contribution in [0.25, 0.3) is 0 Å². The SMILES string of the molecule is O=C(Cc1cccc(OCc2ccccc2)c1)N1CCC(O)(C2CC2)C1. The van der Waals surface area contributed by atoms with E-state index in [0.29, 0.717) is 38.5 Å². The van der Waals surface area contributed by atoms with Crippen LogP contribution in [0.3, 0.4) is 0 Å². The Balaban J connectivity index is 1.34. The Morgan fingerprint density at radius 1 is 1.12 bits per heavy atom. The van der Waals surface area contributed by atoms with Crippen molar-refractivity contribution in [3.05, 3.63) is 65.7 Å². The number of carbonyl (C=O) groups excluding carboxylic acids is 1. The molecule has 2 aliphatic rings. The predicted octanol–water partition coefficient (Wildman–Crippen LogP) is 3.18. The molecule has 2 aromatic rings. The molecule has 1 heterocycles. The summed E-state index contributed by atoms with van der Waals surface area (Å²) in [5.41, 5.74) is 1.42. The van der Waals surface area contributed by atoms with Crippen molar-refractivity contribution in [2.24, 2.45) is 5.92 Å². The summed E-state index contributed by atoms with van der Waals surface area (Å²) in [4.78, 5) is 14.4. The molecule has 4 rings (SSSR count). The van der Waals surface area contributed by atoms with Gasteiger partial charge in [-0.1, -0.05) is 42.5 Å². The van der Waals surface area contributed by atoms with Crippen LogP contribution in [0.1, 0.15) is 30.4 Å². The number of rotatable bonds is 6. The van der Waals surface area contributed by atoms with Gasteiger partial charge in [-0.15, -0.1) is 0 Å². The van der Waals surface area contributed by atoms with Gasteiger partial charge in [0.2, 0.25) is 5.91 Å². The molecule has 0 aromatic heterocycles. The molecule has 1 aliphatic heterocycles. The van der Waals surface area contributed by atoms with Crippen molar-refractivity contribution in [2.75, 3.05) is 13.1 Å². The summed E-state index contributed by atoms with van der Waals surface area (Å²) >= 11 is 0. The van der Waals surface area contributed by atoms with Gasteiger partial charge in [0.05, 0.1) is 12.0 Å². The topological polar surface area (TPSA) is 49.8 Å². The van der Waals surface area contributed by atoms with E-state index in [1.54, 1.807) is 0 Å². The minimum atomic E-state index is -0.643. The van der Waals surface area contributed by atoms with Gasteiger partial charge in [0, 0.05) is 13.1 Å². The van der Waals surface area contributed by atoms with Crippen molar-refractivity contribution in [3.63, 3.8) is 0 Å². The van der Waals surface area contributed by atoms with Crippen LogP contribution in [-0.4, -0.2) is 34.6 Å². The zero-order valence-corrected chi connectivity index (χ0v) is 14.9. The van der Waals surface area contributed by atoms with Gasteiger partial charge in [-0.25, -0.2) is 0 Å². The van der Waals surface area contributed by atoms with Crippen LogP contribution >= 0.6 is 0 Å². The molecule has 1 amide bonds. The molecule has 1 atom stereocenters. The second-order valence-electron chi connectivity index (χ2n) is 7.54. The summed E-state index contributed by atoms with van der Waals surface area (Å²) < 4.78 is 5.85. The molecule has 26 heavy (non-hydrogen) atoms. The zero-order valence-electron chi connectivity index (χ0n) is 14.9. The van der Waals surface area contributed by atoms with E-state index in [2.05, 4.69) is 0 Å². The van der Waals surface area contributed by atoms with Gasteiger partial charge in [-0.2, -0.15) is 0 Å². The highest BCUT2D eigenvalue weighted by atomic mass is 16.5. The molecule has 1 saturated carbocycles. The molecular weight excluding hydrogens is 326 g/mol. The maximum Gasteiger partial charge on any atom is 0.227 e. The Morgan fingerprint density at radius 3 is 2.65 bits per heavy atom. The summed E-state index contributed by atoms with van der Waals surface area (Å²) in [5, 5.41) is 10.6. The number of β-amino-alcohol motifs (C(OH)–C–C–N with tert-alkyl or cyclic N) is 1. The summed E-state index contributed by atoms with van der Waals surface area (Å²) in [6.45, 7) is 1.66. The predicted molar refractivity (Wildman–Crippen MR) is 99.8 cm³/mol. The normalized spacial score (nSPS) is 22.4. The molecule has 0 spiro atoms. The number of carbonyl (C=O) groups is 1. The smallest absolute Gasteiger partial charge is 0.227 e. The third-order valence-corrected chi connectivity index (χ3v) is 5.47. The molecule has 0 radical (unpaired) electrons. The first kappa shape index (κ1) is 17.1. The molecule has 1 N–H and O–H groups in total. The molecule has 2 aromatic carbocycles. The van der Waals surface area contributed by atoms with E-state index in [-0.39, 0.29) is 5.91 Å². The van der Waals surface area contributed by atoms with Gasteiger partial charge in [0.25, 0.3) is 0 Å². The van der Waals surface area contributed by atoms with Crippen molar-refractivity contribution in [2.45, 2.75) is 37.9 Å². The molecule has 1 unspecified atom stereocenters. The number of hydrogen-bond acceptors (Lipinski definition) is 3. The van der Waals surface area contributed by atoms with Crippen LogP contribution in [0.15, 0.2) is 54.6 Å². The number of nitrogens with zero attached hydrogens (tertiary/aromatic N) is 1. The third-order valence-electron chi connectivity index (χ3n) is 5.47. The van der Waals surface area contributed by atoms with Crippen LogP contribution in [0, 0.1) is 5.92 Å². The standard InChI is InChI=1S/C22H25NO3/c24-21(23-12-11-22(25,16-23)19-9-10-19)14-18-7-4-8-20(13-18)26-15-17-5-2-1-3-6-17/h1-8,13,19,25H,9-12,14-16H2. The summed E-state index contributed by atoms with van der Waals surface area (Å²) in [6, 6.07) is 17.8. The van der Waals surface area contributed by atoms with E-state index in [1.807, 2.05) is 59.5 Å². The molecule has 2 fully saturated rings. The van der Waals surface area contributed by atoms with Crippen molar-refractivity contribution in [3.8, 4) is 5.75 Å². The largest absolute Gasteiger partial charge is 0.489 e. The lowest BCUT2D eigenvalue weighted by Gasteiger charge is -2.23. The van der Waals surface area contributed by atoms with Crippen molar-refractivity contribution >= 4 is 5.91 Å². The van der Waals surface area contributed by atoms with Gasteiger partial charge >= 0.3 is 0 Å². The third kappa shape index (κ3) is 3.91. The number of hydrogen-bond donors (Lipinski definition) is 1. The molecule has 136 valence electrons. The maximum absolute atomic E-state index is 12.6. The number of amides is 1. The Hall–Kier alpha value is -2.33. The van der Waals surface area contributed by atoms with Crippen molar-refractivity contribution in [1.29, 1.82) is 0 Å². The average molecular weight is 351 g/mol. The first-order chi connectivity index (χ1) is 12.6. The molecule has 1 saturated heterocycles. The van der Waals surface area contributed by atoms with E-state index in [4.69, 9.17) is 4.74 Å². The minimum Gasteiger partial charge on any atom is -0.489 e. The highest BCUT2D eigenvalue weighted by Crippen LogP contribution is 2.44. The summed E-state index contributed by atoms with van der Waals surface area (Å²) in [6.07, 6.45) is 3.26. The maximum atomic E-state index is 12.6. The van der Waals surface area contributed by atoms with Crippen LogP contribution in [0.4, 0.5) is 0 Å². The first-order valence-corrected chi connectivity index (χ1v) is 9.38. The number of likely N-dealkylation sites (tertiary alicyclic amines) is 1. The van der Waals surface area contributed by atoms with E-state index in [0.717, 1.165) is 29.7 Å². The van der Waals surface area contributed by atoms with E-state index in [1.165, 1.54) is 0 Å². The lowest BCUT2D eigenvalue weighted by atomic mass is 9.97. The lowest BCUT2D eigenvalue weighted by Crippen LogP contribution is -2.38. The quantitative estimate of drug-likeness (QED) is 0.870. The van der Waals surface area contributed by atoms with Crippen molar-refractivity contribution in [1.82, 2.24) is 4.90 Å². The minimum absolute atomic E-state index is 0.0850. The van der Waals surface area contributed by atoms with Gasteiger partial charge < -0.3 is 14.7 Å². The molecular formula is C22H25NO3. The highest BCUT2D eigenvalue weighted by molar-refractivity contribution is 5.79. The summed E-state index contributed by atoms with van der Waals surface area (Å²) in [7, 11) is 0. The van der Waals surface area contributed by atoms with Gasteiger partial charge in [-0.3, -0.25) is 4.79 Å². The number of ether oxygens (including phenoxy) is 1. The fourth-order valence-electron chi connectivity index (χ4n) is 3.76. The van der Waals surface area contributed by atoms with Gasteiger partial charge in [0.1, 0.15) is 12.4 Å². The Labute approximate surface area is 154 Å². The van der Waals surface area contributed by atoms with Crippen LogP contribution < -0.4 is 4.74 Å². The molecule has 0 bridgehead atoms. The Bertz CT molecular complexity index is 772. The Kier molecular flexibility index (Phi) is 4.68. The molecule has 1 aliphatic carbocycles. The molecule has 4 heteroatoms. The first-order valence-electron chi connectivity index (χ1n) is 9.38. The Morgan fingerprint density at radius 2 is 1.88 bits per heavy atom. The lowest BCUT2D eigenvalue weighted by molar-refractivity contribution is -0.130. The second kappa shape index (κ2) is 7.12.